The van der Waals surface area contributed by atoms with Crippen LogP contribution in [-0.4, -0.2) is 23.5 Å². The zero-order chi connectivity index (χ0) is 8.84. The lowest BCUT2D eigenvalue weighted by atomic mass is 10.0. The molecule has 1 unspecified atom stereocenters. The number of rotatable bonds is 0. The van der Waals surface area contributed by atoms with Crippen LogP contribution in [-0.2, 0) is 4.79 Å². The Morgan fingerprint density at radius 1 is 1.54 bits per heavy atom. The monoisotopic (exact) mass is 174 g/mol. The van der Waals surface area contributed by atoms with Crippen LogP contribution >= 0.6 is 0 Å². The minimum absolute atomic E-state index is 0.0651. The molecule has 1 aliphatic carbocycles. The van der Waals surface area contributed by atoms with E-state index in [1.165, 1.54) is 5.57 Å². The summed E-state index contributed by atoms with van der Waals surface area (Å²) in [4.78, 5) is 13.5. The first kappa shape index (κ1) is 6.95. The molecule has 0 saturated carbocycles. The van der Waals surface area contributed by atoms with Crippen LogP contribution in [0, 0.1) is 0 Å². The molecule has 0 bridgehead atoms. The number of carbonyl (C=O) groups excluding carboxylic acids is 1. The number of allylic oxidation sites excluding steroid dienone is 2. The first-order valence-corrected chi connectivity index (χ1v) is 4.49. The predicted octanol–water partition coefficient (Wildman–Crippen LogP) is 0.528. The van der Waals surface area contributed by atoms with Gasteiger partial charge in [0, 0.05) is 0 Å². The van der Waals surface area contributed by atoms with Crippen LogP contribution in [0.25, 0.3) is 0 Å². The van der Waals surface area contributed by atoms with E-state index in [4.69, 9.17) is 0 Å². The van der Waals surface area contributed by atoms with E-state index < -0.39 is 0 Å². The van der Waals surface area contributed by atoms with Crippen LogP contribution in [0.1, 0.15) is 6.42 Å². The lowest BCUT2D eigenvalue weighted by molar-refractivity contribution is -0.116. The molecule has 1 saturated heterocycles. The van der Waals surface area contributed by atoms with Crippen molar-refractivity contribution >= 4 is 5.91 Å². The quantitative estimate of drug-likeness (QED) is 0.581. The van der Waals surface area contributed by atoms with Gasteiger partial charge >= 0.3 is 0 Å². The summed E-state index contributed by atoms with van der Waals surface area (Å²) in [6, 6.07) is 0.402. The third kappa shape index (κ3) is 0.813. The van der Waals surface area contributed by atoms with Crippen molar-refractivity contribution in [2.75, 3.05) is 6.67 Å². The highest BCUT2D eigenvalue weighted by atomic mass is 16.2. The fourth-order valence-electron chi connectivity index (χ4n) is 2.13. The Kier molecular flexibility index (Phi) is 1.20. The zero-order valence-corrected chi connectivity index (χ0v) is 7.16. The van der Waals surface area contributed by atoms with Gasteiger partial charge in [-0.25, -0.2) is 0 Å². The van der Waals surface area contributed by atoms with Gasteiger partial charge in [-0.05, 0) is 18.1 Å². The van der Waals surface area contributed by atoms with Crippen molar-refractivity contribution in [3.8, 4) is 0 Å². The van der Waals surface area contributed by atoms with Gasteiger partial charge in [0.25, 0.3) is 5.91 Å². The number of fused-ring (bicyclic) bond motifs is 3. The third-order valence-corrected chi connectivity index (χ3v) is 2.80. The molecule has 0 spiro atoms. The molecule has 1 fully saturated rings. The minimum atomic E-state index is 0.0651. The molecule has 1 amide bonds. The van der Waals surface area contributed by atoms with Gasteiger partial charge < -0.3 is 10.2 Å². The standard InChI is InChI=1S/C10H10N2O/c13-10-9-5-7-3-1-2-4-8(7)12(9)6-11-10/h1-3,5,8H,4,6H2,(H,11,13). The van der Waals surface area contributed by atoms with Crippen LogP contribution in [0.5, 0.6) is 0 Å². The first-order valence-electron chi connectivity index (χ1n) is 4.49. The van der Waals surface area contributed by atoms with E-state index >= 15 is 0 Å². The van der Waals surface area contributed by atoms with Gasteiger partial charge in [-0.3, -0.25) is 4.79 Å². The van der Waals surface area contributed by atoms with Gasteiger partial charge in [-0.2, -0.15) is 0 Å². The molecule has 2 heterocycles. The topological polar surface area (TPSA) is 32.3 Å². The Hall–Kier alpha value is -1.51. The van der Waals surface area contributed by atoms with Crippen LogP contribution in [0.3, 0.4) is 0 Å². The van der Waals surface area contributed by atoms with Gasteiger partial charge in [-0.15, -0.1) is 0 Å². The molecule has 13 heavy (non-hydrogen) atoms. The highest BCUT2D eigenvalue weighted by Gasteiger charge is 2.37. The summed E-state index contributed by atoms with van der Waals surface area (Å²) in [5.74, 6) is 0.0651. The first-order chi connectivity index (χ1) is 6.36. The molecule has 2 aliphatic heterocycles. The van der Waals surface area contributed by atoms with E-state index in [2.05, 4.69) is 28.4 Å². The average Bonchev–Trinajstić information content (AvgIpc) is 2.67. The van der Waals surface area contributed by atoms with Crippen LogP contribution in [0.2, 0.25) is 0 Å². The Balaban J connectivity index is 2.06. The SMILES string of the molecule is O=C1NCN2C1=CC1=CC=CCC12. The normalized spacial score (nSPS) is 29.4. The maximum Gasteiger partial charge on any atom is 0.269 e. The molecule has 3 nitrogen and oxygen atoms in total. The number of nitrogens with one attached hydrogen (secondary N) is 1. The van der Waals surface area contributed by atoms with Crippen LogP contribution in [0.4, 0.5) is 0 Å². The minimum Gasteiger partial charge on any atom is -0.342 e. The van der Waals surface area contributed by atoms with Crippen molar-refractivity contribution in [2.45, 2.75) is 12.5 Å². The van der Waals surface area contributed by atoms with Gasteiger partial charge in [-0.1, -0.05) is 18.2 Å². The second kappa shape index (κ2) is 2.25. The Morgan fingerprint density at radius 3 is 3.38 bits per heavy atom. The summed E-state index contributed by atoms with van der Waals surface area (Å²) in [5.41, 5.74) is 2.10. The van der Waals surface area contributed by atoms with E-state index in [1.807, 2.05) is 6.08 Å². The maximum atomic E-state index is 11.3. The van der Waals surface area contributed by atoms with Crippen molar-refractivity contribution in [1.82, 2.24) is 10.2 Å². The fourth-order valence-corrected chi connectivity index (χ4v) is 2.13. The van der Waals surface area contributed by atoms with Crippen molar-refractivity contribution in [2.24, 2.45) is 0 Å². The van der Waals surface area contributed by atoms with Crippen molar-refractivity contribution in [1.29, 1.82) is 0 Å². The molecular weight excluding hydrogens is 164 g/mol. The molecule has 1 N–H and O–H groups in total. The van der Waals surface area contributed by atoms with Crippen molar-refractivity contribution in [3.05, 3.63) is 35.6 Å². The van der Waals surface area contributed by atoms with E-state index in [9.17, 15) is 4.79 Å². The number of carbonyl (C=O) groups is 1. The molecule has 66 valence electrons. The van der Waals surface area contributed by atoms with E-state index in [1.54, 1.807) is 0 Å². The lowest BCUT2D eigenvalue weighted by Crippen LogP contribution is -2.30. The largest absolute Gasteiger partial charge is 0.342 e. The summed E-state index contributed by atoms with van der Waals surface area (Å²) >= 11 is 0. The summed E-state index contributed by atoms with van der Waals surface area (Å²) in [6.07, 6.45) is 9.31. The van der Waals surface area contributed by atoms with Gasteiger partial charge in [0.1, 0.15) is 5.70 Å². The van der Waals surface area contributed by atoms with Gasteiger partial charge in [0.2, 0.25) is 0 Å². The van der Waals surface area contributed by atoms with E-state index in [0.717, 1.165) is 12.1 Å². The molecule has 0 radical (unpaired) electrons. The maximum absolute atomic E-state index is 11.3. The highest BCUT2D eigenvalue weighted by molar-refractivity contribution is 5.96. The third-order valence-electron chi connectivity index (χ3n) is 2.80. The second-order valence-corrected chi connectivity index (χ2v) is 3.51. The number of hydrogen-bond acceptors (Lipinski definition) is 2. The van der Waals surface area contributed by atoms with Crippen molar-refractivity contribution < 1.29 is 4.79 Å². The highest BCUT2D eigenvalue weighted by Crippen LogP contribution is 2.32. The Bertz CT molecular complexity index is 365. The molecule has 0 aromatic heterocycles. The average molecular weight is 174 g/mol. The van der Waals surface area contributed by atoms with E-state index in [0.29, 0.717) is 12.7 Å². The van der Waals surface area contributed by atoms with E-state index in [-0.39, 0.29) is 5.91 Å². The zero-order valence-electron chi connectivity index (χ0n) is 7.16. The molecule has 3 heteroatoms. The summed E-state index contributed by atoms with van der Waals surface area (Å²) in [7, 11) is 0. The van der Waals surface area contributed by atoms with Crippen molar-refractivity contribution in [3.63, 3.8) is 0 Å². The number of hydrogen-bond donors (Lipinski definition) is 1. The summed E-state index contributed by atoms with van der Waals surface area (Å²) < 4.78 is 0. The van der Waals surface area contributed by atoms with Crippen LogP contribution < -0.4 is 5.32 Å². The number of amides is 1. The molecule has 3 rings (SSSR count). The second-order valence-electron chi connectivity index (χ2n) is 3.51. The summed E-state index contributed by atoms with van der Waals surface area (Å²) in [5, 5.41) is 2.82. The smallest absolute Gasteiger partial charge is 0.269 e. The lowest BCUT2D eigenvalue weighted by Gasteiger charge is -2.24. The molecule has 0 aromatic carbocycles. The van der Waals surface area contributed by atoms with Crippen LogP contribution in [0.15, 0.2) is 35.6 Å². The van der Waals surface area contributed by atoms with Gasteiger partial charge in [0.15, 0.2) is 0 Å². The molecule has 1 atom stereocenters. The fraction of sp³-hybridized carbons (Fsp3) is 0.300. The number of nitrogens with zero attached hydrogens (tertiary/aromatic N) is 1. The molecule has 3 aliphatic rings. The molecule has 0 aromatic rings. The Morgan fingerprint density at radius 2 is 2.46 bits per heavy atom. The Labute approximate surface area is 76.4 Å². The van der Waals surface area contributed by atoms with Gasteiger partial charge in [0.05, 0.1) is 12.7 Å². The summed E-state index contributed by atoms with van der Waals surface area (Å²) in [6.45, 7) is 0.667. The molecular formula is C10H10N2O. The predicted molar refractivity (Wildman–Crippen MR) is 48.6 cm³/mol.